The molecule has 2 amide bonds. The molecule has 6 nitrogen and oxygen atoms in total. The summed E-state index contributed by atoms with van der Waals surface area (Å²) in [5, 5.41) is 2.75. The Labute approximate surface area is 121 Å². The Balaban J connectivity index is 2.34. The maximum Gasteiger partial charge on any atom is 0.234 e. The Morgan fingerprint density at radius 3 is 2.40 bits per heavy atom. The highest BCUT2D eigenvalue weighted by Gasteiger charge is 2.27. The number of carbonyl (C=O) groups excluding carboxylic acids is 2. The Hall–Kier alpha value is -1.40. The van der Waals surface area contributed by atoms with Crippen LogP contribution in [0.3, 0.4) is 0 Å². The molecule has 0 aliphatic carbocycles. The van der Waals surface area contributed by atoms with Gasteiger partial charge in [-0.1, -0.05) is 13.0 Å². The van der Waals surface area contributed by atoms with Gasteiger partial charge < -0.3 is 16.0 Å². The van der Waals surface area contributed by atoms with Crippen molar-refractivity contribution in [2.45, 2.75) is 19.9 Å². The Morgan fingerprint density at radius 2 is 1.90 bits per heavy atom. The van der Waals surface area contributed by atoms with Crippen LogP contribution in [0.25, 0.3) is 0 Å². The molecule has 1 aliphatic rings. The third kappa shape index (κ3) is 4.94. The second kappa shape index (κ2) is 8.01. The molecule has 114 valence electrons. The summed E-state index contributed by atoms with van der Waals surface area (Å²) in [5.74, 6) is -0.0539. The van der Waals surface area contributed by atoms with Crippen molar-refractivity contribution < 1.29 is 9.59 Å². The van der Waals surface area contributed by atoms with Crippen LogP contribution in [-0.4, -0.2) is 66.9 Å². The molecule has 0 aromatic carbocycles. The van der Waals surface area contributed by atoms with Crippen LogP contribution in [-0.2, 0) is 9.59 Å². The third-order valence-corrected chi connectivity index (χ3v) is 3.67. The van der Waals surface area contributed by atoms with Crippen molar-refractivity contribution in [3.63, 3.8) is 0 Å². The first-order valence-electron chi connectivity index (χ1n) is 7.10. The van der Waals surface area contributed by atoms with Crippen molar-refractivity contribution in [2.75, 3.05) is 39.3 Å². The zero-order valence-electron chi connectivity index (χ0n) is 12.5. The molecule has 1 rings (SSSR count). The number of rotatable bonds is 6. The molecule has 1 saturated heterocycles. The largest absolute Gasteiger partial charge is 0.352 e. The molecular formula is C14H26N4O2. The molecular weight excluding hydrogens is 256 g/mol. The number of carbonyl (C=O) groups is 2. The van der Waals surface area contributed by atoms with Crippen molar-refractivity contribution in [3.05, 3.63) is 12.7 Å². The zero-order valence-corrected chi connectivity index (χ0v) is 12.5. The van der Waals surface area contributed by atoms with Gasteiger partial charge in [-0.15, -0.1) is 6.58 Å². The van der Waals surface area contributed by atoms with E-state index in [9.17, 15) is 9.59 Å². The van der Waals surface area contributed by atoms with Crippen LogP contribution in [0, 0.1) is 5.92 Å². The number of nitrogens with one attached hydrogen (secondary N) is 1. The van der Waals surface area contributed by atoms with Crippen LogP contribution in [0.1, 0.15) is 13.8 Å². The SMILES string of the molecule is C=CCNC(=O)CN1CCN(C(=O)C(C)C(C)N)CC1. The summed E-state index contributed by atoms with van der Waals surface area (Å²) in [6.45, 7) is 10.9. The normalized spacial score (nSPS) is 19.2. The highest BCUT2D eigenvalue weighted by molar-refractivity contribution is 5.79. The summed E-state index contributed by atoms with van der Waals surface area (Å²) in [6, 6.07) is -0.134. The predicted molar refractivity (Wildman–Crippen MR) is 79.0 cm³/mol. The minimum Gasteiger partial charge on any atom is -0.352 e. The summed E-state index contributed by atoms with van der Waals surface area (Å²) in [6.07, 6.45) is 1.66. The lowest BCUT2D eigenvalue weighted by Crippen LogP contribution is -2.53. The van der Waals surface area contributed by atoms with E-state index in [-0.39, 0.29) is 23.8 Å². The van der Waals surface area contributed by atoms with Gasteiger partial charge in [0.15, 0.2) is 0 Å². The average Bonchev–Trinajstić information content (AvgIpc) is 2.44. The summed E-state index contributed by atoms with van der Waals surface area (Å²) >= 11 is 0. The van der Waals surface area contributed by atoms with Gasteiger partial charge in [-0.3, -0.25) is 14.5 Å². The topological polar surface area (TPSA) is 78.7 Å². The van der Waals surface area contributed by atoms with Crippen molar-refractivity contribution in [2.24, 2.45) is 11.7 Å². The average molecular weight is 282 g/mol. The third-order valence-electron chi connectivity index (χ3n) is 3.67. The molecule has 2 unspecified atom stereocenters. The van der Waals surface area contributed by atoms with Crippen LogP contribution < -0.4 is 11.1 Å². The first-order valence-corrected chi connectivity index (χ1v) is 7.10. The molecule has 2 atom stereocenters. The molecule has 3 N–H and O–H groups in total. The maximum absolute atomic E-state index is 12.1. The number of amides is 2. The summed E-state index contributed by atoms with van der Waals surface area (Å²) in [7, 11) is 0. The van der Waals surface area contributed by atoms with E-state index in [1.54, 1.807) is 6.08 Å². The van der Waals surface area contributed by atoms with E-state index >= 15 is 0 Å². The monoisotopic (exact) mass is 282 g/mol. The zero-order chi connectivity index (χ0) is 15.1. The van der Waals surface area contributed by atoms with E-state index in [0.717, 1.165) is 13.1 Å². The van der Waals surface area contributed by atoms with Gasteiger partial charge in [0.2, 0.25) is 11.8 Å². The smallest absolute Gasteiger partial charge is 0.234 e. The fourth-order valence-electron chi connectivity index (χ4n) is 2.08. The van der Waals surface area contributed by atoms with Gasteiger partial charge in [-0.2, -0.15) is 0 Å². The van der Waals surface area contributed by atoms with Crippen LogP contribution in [0.4, 0.5) is 0 Å². The minimum absolute atomic E-state index is 0.00590. The fraction of sp³-hybridized carbons (Fsp3) is 0.714. The molecule has 20 heavy (non-hydrogen) atoms. The second-order valence-corrected chi connectivity index (χ2v) is 5.34. The molecule has 1 heterocycles. The van der Waals surface area contributed by atoms with Crippen LogP contribution in [0.15, 0.2) is 12.7 Å². The van der Waals surface area contributed by atoms with E-state index < -0.39 is 0 Å². The first-order chi connectivity index (χ1) is 9.45. The first kappa shape index (κ1) is 16.7. The number of nitrogens with zero attached hydrogens (tertiary/aromatic N) is 2. The van der Waals surface area contributed by atoms with Crippen molar-refractivity contribution in [3.8, 4) is 0 Å². The Morgan fingerprint density at radius 1 is 1.30 bits per heavy atom. The summed E-state index contributed by atoms with van der Waals surface area (Å²) in [5.41, 5.74) is 5.76. The maximum atomic E-state index is 12.1. The van der Waals surface area contributed by atoms with Crippen LogP contribution in [0.2, 0.25) is 0 Å². The van der Waals surface area contributed by atoms with Crippen molar-refractivity contribution in [1.29, 1.82) is 0 Å². The Kier molecular flexibility index (Phi) is 6.67. The summed E-state index contributed by atoms with van der Waals surface area (Å²) in [4.78, 5) is 27.6. The second-order valence-electron chi connectivity index (χ2n) is 5.34. The van der Waals surface area contributed by atoms with E-state index in [1.165, 1.54) is 0 Å². The molecule has 0 aromatic rings. The highest BCUT2D eigenvalue weighted by atomic mass is 16.2. The van der Waals surface area contributed by atoms with Gasteiger partial charge in [0.25, 0.3) is 0 Å². The number of hydrogen-bond donors (Lipinski definition) is 2. The molecule has 1 fully saturated rings. The number of hydrogen-bond acceptors (Lipinski definition) is 4. The van der Waals surface area contributed by atoms with Crippen molar-refractivity contribution >= 4 is 11.8 Å². The standard InChI is InChI=1S/C14H26N4O2/c1-4-5-16-13(19)10-17-6-8-18(9-7-17)14(20)11(2)12(3)15/h4,11-12H,1,5-10,15H2,2-3H3,(H,16,19). The number of piperazine rings is 1. The Bertz CT molecular complexity index is 349. The lowest BCUT2D eigenvalue weighted by molar-refractivity contribution is -0.137. The molecule has 6 heteroatoms. The van der Waals surface area contributed by atoms with E-state index in [4.69, 9.17) is 5.73 Å². The predicted octanol–water partition coefficient (Wildman–Crippen LogP) is -0.584. The van der Waals surface area contributed by atoms with Crippen LogP contribution >= 0.6 is 0 Å². The minimum atomic E-state index is -0.155. The molecule has 0 aromatic heterocycles. The van der Waals surface area contributed by atoms with Gasteiger partial charge in [0.1, 0.15) is 0 Å². The quantitative estimate of drug-likeness (QED) is 0.639. The van der Waals surface area contributed by atoms with Gasteiger partial charge in [0, 0.05) is 38.8 Å². The summed E-state index contributed by atoms with van der Waals surface area (Å²) < 4.78 is 0. The number of nitrogens with two attached hydrogens (primary N) is 1. The molecule has 0 bridgehead atoms. The molecule has 0 spiro atoms. The molecule has 0 radical (unpaired) electrons. The van der Waals surface area contributed by atoms with E-state index in [1.807, 2.05) is 18.7 Å². The van der Waals surface area contributed by atoms with Gasteiger partial charge in [-0.05, 0) is 6.92 Å². The van der Waals surface area contributed by atoms with Gasteiger partial charge in [0.05, 0.1) is 12.5 Å². The molecule has 1 aliphatic heterocycles. The lowest BCUT2D eigenvalue weighted by atomic mass is 10.0. The van der Waals surface area contributed by atoms with E-state index in [0.29, 0.717) is 26.2 Å². The van der Waals surface area contributed by atoms with Crippen molar-refractivity contribution in [1.82, 2.24) is 15.1 Å². The lowest BCUT2D eigenvalue weighted by Gasteiger charge is -2.36. The van der Waals surface area contributed by atoms with Gasteiger partial charge in [-0.25, -0.2) is 0 Å². The fourth-order valence-corrected chi connectivity index (χ4v) is 2.08. The van der Waals surface area contributed by atoms with Crippen LogP contribution in [0.5, 0.6) is 0 Å². The highest BCUT2D eigenvalue weighted by Crippen LogP contribution is 2.09. The molecule has 0 saturated carbocycles. The van der Waals surface area contributed by atoms with E-state index in [2.05, 4.69) is 16.8 Å². The van der Waals surface area contributed by atoms with Gasteiger partial charge >= 0.3 is 0 Å².